The lowest BCUT2D eigenvalue weighted by atomic mass is 9.97. The normalized spacial score (nSPS) is 15.5. The molecule has 0 heterocycles. The number of rotatable bonds is 14. The van der Waals surface area contributed by atoms with Gasteiger partial charge in [-0.1, -0.05) is 20.3 Å². The number of carbonyl (C=O) groups excluding carboxylic acids is 3. The summed E-state index contributed by atoms with van der Waals surface area (Å²) in [6.45, 7) is 5.14. The van der Waals surface area contributed by atoms with Crippen molar-refractivity contribution in [3.05, 3.63) is 0 Å². The smallest absolute Gasteiger partial charge is 0.325 e. The van der Waals surface area contributed by atoms with Crippen LogP contribution in [0.3, 0.4) is 0 Å². The van der Waals surface area contributed by atoms with Crippen LogP contribution in [0.1, 0.15) is 40.0 Å². The van der Waals surface area contributed by atoms with Gasteiger partial charge in [0.05, 0.1) is 6.04 Å². The van der Waals surface area contributed by atoms with Crippen molar-refractivity contribution < 1.29 is 24.3 Å². The summed E-state index contributed by atoms with van der Waals surface area (Å²) in [5.41, 5.74) is 16.2. The van der Waals surface area contributed by atoms with E-state index < -0.39 is 47.9 Å². The van der Waals surface area contributed by atoms with Gasteiger partial charge in [-0.15, -0.1) is 0 Å². The first-order chi connectivity index (χ1) is 14.4. The number of aliphatic carboxylic acids is 1. The Morgan fingerprint density at radius 3 is 2.13 bits per heavy atom. The number of nitrogens with one attached hydrogen (secondary N) is 3. The molecule has 0 rings (SSSR count). The summed E-state index contributed by atoms with van der Waals surface area (Å²) < 4.78 is 0. The lowest BCUT2D eigenvalue weighted by Crippen LogP contribution is -2.58. The van der Waals surface area contributed by atoms with Crippen molar-refractivity contribution in [2.45, 2.75) is 64.2 Å². The minimum Gasteiger partial charge on any atom is -0.480 e. The zero-order valence-corrected chi connectivity index (χ0v) is 19.0. The van der Waals surface area contributed by atoms with E-state index in [4.69, 9.17) is 22.3 Å². The molecule has 13 heteroatoms. The summed E-state index contributed by atoms with van der Waals surface area (Å²) in [6.07, 6.45) is 1.11. The molecule has 0 aromatic carbocycles. The molecule has 0 aliphatic heterocycles. The van der Waals surface area contributed by atoms with Gasteiger partial charge in [0.2, 0.25) is 17.7 Å². The van der Waals surface area contributed by atoms with E-state index >= 15 is 0 Å². The molecule has 0 spiro atoms. The highest BCUT2D eigenvalue weighted by Crippen LogP contribution is 2.10. The highest BCUT2D eigenvalue weighted by Gasteiger charge is 2.31. The highest BCUT2D eigenvalue weighted by atomic mass is 32.1. The third-order valence-electron chi connectivity index (χ3n) is 4.63. The van der Waals surface area contributed by atoms with Gasteiger partial charge in [0.15, 0.2) is 5.96 Å². The Bertz CT molecular complexity index is 657. The standard InChI is InChI=1S/C18H35N7O5S/c1-4-9(2)13(16(28)23-10(3)17(29)30)25-15(27)12(6-5-7-22-18(20)21)24-14(26)11(19)8-31/h9-13,31H,4-8,19H2,1-3H3,(H,23,28)(H,24,26)(H,25,27)(H,29,30)(H4,20,21,22). The number of guanidine groups is 1. The topological polar surface area (TPSA) is 215 Å². The first-order valence-electron chi connectivity index (χ1n) is 10.00. The van der Waals surface area contributed by atoms with E-state index in [1.54, 1.807) is 6.92 Å². The highest BCUT2D eigenvalue weighted by molar-refractivity contribution is 7.80. The monoisotopic (exact) mass is 461 g/mol. The molecule has 0 aliphatic carbocycles. The minimum absolute atomic E-state index is 0.0825. The Balaban J connectivity index is 5.42. The first kappa shape index (κ1) is 28.5. The summed E-state index contributed by atoms with van der Waals surface area (Å²) in [5.74, 6) is -3.30. The number of carboxylic acid groups (broad SMARTS) is 1. The summed E-state index contributed by atoms with van der Waals surface area (Å²) in [7, 11) is 0. The van der Waals surface area contributed by atoms with Crippen molar-refractivity contribution >= 4 is 42.3 Å². The van der Waals surface area contributed by atoms with E-state index in [1.165, 1.54) is 6.92 Å². The SMILES string of the molecule is CCC(C)C(NC(=O)C(CCCN=C(N)N)NC(=O)C(N)CS)C(=O)NC(C)C(=O)O. The second-order valence-electron chi connectivity index (χ2n) is 7.24. The van der Waals surface area contributed by atoms with Gasteiger partial charge in [-0.2, -0.15) is 12.6 Å². The third-order valence-corrected chi connectivity index (χ3v) is 5.03. The van der Waals surface area contributed by atoms with Crippen LogP contribution in [0, 0.1) is 5.92 Å². The molecule has 0 fully saturated rings. The first-order valence-corrected chi connectivity index (χ1v) is 10.6. The van der Waals surface area contributed by atoms with Gasteiger partial charge in [0, 0.05) is 12.3 Å². The van der Waals surface area contributed by atoms with E-state index in [1.807, 2.05) is 6.92 Å². The maximum Gasteiger partial charge on any atom is 0.325 e. The van der Waals surface area contributed by atoms with E-state index in [2.05, 4.69) is 33.6 Å². The summed E-state index contributed by atoms with van der Waals surface area (Å²) in [4.78, 5) is 52.5. The fourth-order valence-corrected chi connectivity index (χ4v) is 2.62. The average molecular weight is 462 g/mol. The summed E-state index contributed by atoms with van der Waals surface area (Å²) in [6, 6.07) is -4.03. The van der Waals surface area contributed by atoms with Crippen LogP contribution in [0.15, 0.2) is 4.99 Å². The Morgan fingerprint density at radius 1 is 1.03 bits per heavy atom. The zero-order chi connectivity index (χ0) is 24.1. The van der Waals surface area contributed by atoms with Crippen LogP contribution in [-0.4, -0.2) is 71.2 Å². The number of carboxylic acids is 1. The number of aliphatic imine (C=N–C) groups is 1. The predicted molar refractivity (Wildman–Crippen MR) is 120 cm³/mol. The lowest BCUT2D eigenvalue weighted by Gasteiger charge is -2.27. The van der Waals surface area contributed by atoms with E-state index in [9.17, 15) is 19.2 Å². The van der Waals surface area contributed by atoms with Crippen LogP contribution in [0.5, 0.6) is 0 Å². The number of hydrogen-bond donors (Lipinski definition) is 8. The Hall–Kier alpha value is -2.54. The van der Waals surface area contributed by atoms with Crippen LogP contribution in [0.2, 0.25) is 0 Å². The van der Waals surface area contributed by atoms with Gasteiger partial charge in [-0.3, -0.25) is 24.2 Å². The van der Waals surface area contributed by atoms with Gasteiger partial charge in [-0.25, -0.2) is 0 Å². The average Bonchev–Trinajstić information content (AvgIpc) is 2.71. The Labute approximate surface area is 187 Å². The Kier molecular flexibility index (Phi) is 13.3. The number of carbonyl (C=O) groups is 4. The van der Waals surface area contributed by atoms with Crippen molar-refractivity contribution in [2.75, 3.05) is 12.3 Å². The van der Waals surface area contributed by atoms with Crippen LogP contribution in [0.25, 0.3) is 0 Å². The van der Waals surface area contributed by atoms with Crippen molar-refractivity contribution in [3.63, 3.8) is 0 Å². The van der Waals surface area contributed by atoms with Crippen molar-refractivity contribution in [1.29, 1.82) is 0 Å². The number of amides is 3. The lowest BCUT2D eigenvalue weighted by molar-refractivity contribution is -0.142. The van der Waals surface area contributed by atoms with Crippen LogP contribution in [0.4, 0.5) is 0 Å². The number of thiol groups is 1. The molecular weight excluding hydrogens is 426 g/mol. The van der Waals surface area contributed by atoms with Crippen LogP contribution < -0.4 is 33.2 Å². The van der Waals surface area contributed by atoms with E-state index in [-0.39, 0.29) is 30.6 Å². The maximum absolute atomic E-state index is 12.9. The van der Waals surface area contributed by atoms with Gasteiger partial charge >= 0.3 is 5.97 Å². The fraction of sp³-hybridized carbons (Fsp3) is 0.722. The van der Waals surface area contributed by atoms with Crippen molar-refractivity contribution in [3.8, 4) is 0 Å². The quantitative estimate of drug-likeness (QED) is 0.0619. The maximum atomic E-state index is 12.9. The fourth-order valence-electron chi connectivity index (χ4n) is 2.45. The van der Waals surface area contributed by atoms with E-state index in [0.717, 1.165) is 0 Å². The largest absolute Gasteiger partial charge is 0.480 e. The number of hydrogen-bond acceptors (Lipinski definition) is 7. The van der Waals surface area contributed by atoms with Crippen LogP contribution >= 0.6 is 12.6 Å². The van der Waals surface area contributed by atoms with Gasteiger partial charge in [0.25, 0.3) is 0 Å². The Morgan fingerprint density at radius 2 is 1.65 bits per heavy atom. The zero-order valence-electron chi connectivity index (χ0n) is 18.1. The molecule has 0 aliphatic rings. The summed E-state index contributed by atoms with van der Waals surface area (Å²) >= 11 is 3.97. The van der Waals surface area contributed by atoms with Crippen molar-refractivity contribution in [2.24, 2.45) is 28.1 Å². The third kappa shape index (κ3) is 10.9. The molecular formula is C18H35N7O5S. The van der Waals surface area contributed by atoms with Gasteiger partial charge in [0.1, 0.15) is 18.1 Å². The molecule has 10 N–H and O–H groups in total. The van der Waals surface area contributed by atoms with Gasteiger partial charge < -0.3 is 38.3 Å². The minimum atomic E-state index is -1.20. The molecule has 0 radical (unpaired) electrons. The molecule has 12 nitrogen and oxygen atoms in total. The molecule has 5 unspecified atom stereocenters. The second-order valence-corrected chi connectivity index (χ2v) is 7.60. The van der Waals surface area contributed by atoms with Crippen molar-refractivity contribution in [1.82, 2.24) is 16.0 Å². The number of nitrogens with two attached hydrogens (primary N) is 3. The molecule has 0 saturated heterocycles. The molecule has 0 aromatic rings. The summed E-state index contributed by atoms with van der Waals surface area (Å²) in [5, 5.41) is 16.5. The molecule has 31 heavy (non-hydrogen) atoms. The predicted octanol–water partition coefficient (Wildman–Crippen LogP) is -2.10. The molecule has 0 bridgehead atoms. The molecule has 3 amide bonds. The molecule has 0 aromatic heterocycles. The molecule has 5 atom stereocenters. The van der Waals surface area contributed by atoms with E-state index in [0.29, 0.717) is 12.8 Å². The molecule has 0 saturated carbocycles. The number of nitrogens with zero attached hydrogens (tertiary/aromatic N) is 1. The van der Waals surface area contributed by atoms with Crippen LogP contribution in [-0.2, 0) is 19.2 Å². The molecule has 178 valence electrons. The second kappa shape index (κ2) is 14.5. The van der Waals surface area contributed by atoms with Gasteiger partial charge in [-0.05, 0) is 25.7 Å².